The third-order valence-corrected chi connectivity index (χ3v) is 3.87. The third kappa shape index (κ3) is 11.0. The van der Waals surface area contributed by atoms with Gasteiger partial charge in [-0.3, -0.25) is 13.7 Å². The van der Waals surface area contributed by atoms with Gasteiger partial charge in [0.05, 0.1) is 18.5 Å². The summed E-state index contributed by atoms with van der Waals surface area (Å²) in [4.78, 5) is 51.4. The Kier molecular flexibility index (Phi) is 5.55. The van der Waals surface area contributed by atoms with Crippen LogP contribution in [0, 0.1) is 5.92 Å². The minimum atomic E-state index is -4.62. The van der Waals surface area contributed by atoms with Gasteiger partial charge in [-0.15, -0.1) is 0 Å². The lowest BCUT2D eigenvalue weighted by Gasteiger charge is -2.17. The summed E-state index contributed by atoms with van der Waals surface area (Å²) in [5, 5.41) is 0. The number of hydrogen-bond donors (Lipinski definition) is 6. The van der Waals surface area contributed by atoms with Crippen molar-refractivity contribution in [1.82, 2.24) is 0 Å². The molecule has 0 aliphatic carbocycles. The molecule has 97 valence electrons. The van der Waals surface area contributed by atoms with Crippen molar-refractivity contribution in [3.05, 3.63) is 5.92 Å². The highest BCUT2D eigenvalue weighted by Gasteiger charge is 2.33. The molecule has 0 fully saturated rings. The average Bonchev–Trinajstić information content (AvgIpc) is 1.70. The van der Waals surface area contributed by atoms with E-state index in [0.717, 1.165) is 0 Å². The highest BCUT2D eigenvalue weighted by molar-refractivity contribution is 7.54. The summed E-state index contributed by atoms with van der Waals surface area (Å²) in [7, 11) is -13.9. The molecular weight excluding hydrogens is 285 g/mol. The van der Waals surface area contributed by atoms with Gasteiger partial charge in [0.15, 0.2) is 0 Å². The second-order valence-electron chi connectivity index (χ2n) is 3.22. The first-order chi connectivity index (χ1) is 6.79. The van der Waals surface area contributed by atoms with E-state index in [0.29, 0.717) is 0 Å². The molecule has 1 radical (unpaired) electrons. The van der Waals surface area contributed by atoms with Gasteiger partial charge in [-0.1, -0.05) is 0 Å². The van der Waals surface area contributed by atoms with E-state index in [1.165, 1.54) is 0 Å². The van der Waals surface area contributed by atoms with Crippen LogP contribution in [0.1, 0.15) is 0 Å². The summed E-state index contributed by atoms with van der Waals surface area (Å²) in [6.07, 6.45) is -3.16. The van der Waals surface area contributed by atoms with Gasteiger partial charge in [-0.25, -0.2) is 0 Å². The Bertz CT molecular complexity index is 302. The highest BCUT2D eigenvalue weighted by Crippen LogP contribution is 2.49. The van der Waals surface area contributed by atoms with Crippen LogP contribution in [0.15, 0.2) is 0 Å². The molecule has 0 aromatic carbocycles. The Balaban J connectivity index is 4.72. The Labute approximate surface area is 91.0 Å². The quantitative estimate of drug-likeness (QED) is 0.339. The van der Waals surface area contributed by atoms with E-state index in [4.69, 9.17) is 29.4 Å². The Hall–Kier alpha value is 0.450. The monoisotopic (exact) mass is 297 g/mol. The van der Waals surface area contributed by atoms with Crippen LogP contribution >= 0.6 is 22.8 Å². The van der Waals surface area contributed by atoms with Crippen LogP contribution in [0.4, 0.5) is 0 Å². The Morgan fingerprint density at radius 1 is 0.625 bits per heavy atom. The maximum absolute atomic E-state index is 10.6. The first-order valence-corrected chi connectivity index (χ1v) is 9.15. The fourth-order valence-electron chi connectivity index (χ4n) is 1.02. The van der Waals surface area contributed by atoms with Crippen LogP contribution in [0.3, 0.4) is 0 Å². The van der Waals surface area contributed by atoms with Gasteiger partial charge in [0.1, 0.15) is 0 Å². The molecule has 0 atom stereocenters. The first kappa shape index (κ1) is 16.4. The van der Waals surface area contributed by atoms with Crippen molar-refractivity contribution < 1.29 is 43.1 Å². The molecule has 0 aliphatic rings. The zero-order valence-electron chi connectivity index (χ0n) is 7.87. The predicted molar refractivity (Wildman–Crippen MR) is 54.0 cm³/mol. The van der Waals surface area contributed by atoms with Gasteiger partial charge in [0.25, 0.3) is 0 Å². The van der Waals surface area contributed by atoms with E-state index in [1.807, 2.05) is 0 Å². The van der Waals surface area contributed by atoms with Crippen LogP contribution in [0.2, 0.25) is 0 Å². The second-order valence-corrected chi connectivity index (χ2v) is 8.16. The topological polar surface area (TPSA) is 173 Å². The summed E-state index contributed by atoms with van der Waals surface area (Å²) in [5.41, 5.74) is 0. The molecule has 0 heterocycles. The maximum Gasteiger partial charge on any atom is 0.326 e. The summed E-state index contributed by atoms with van der Waals surface area (Å²) >= 11 is 0. The summed E-state index contributed by atoms with van der Waals surface area (Å²) in [6, 6.07) is 0. The third-order valence-electron chi connectivity index (χ3n) is 1.29. The van der Waals surface area contributed by atoms with E-state index in [1.54, 1.807) is 0 Å². The lowest BCUT2D eigenvalue weighted by molar-refractivity contribution is 0.365. The van der Waals surface area contributed by atoms with Crippen molar-refractivity contribution in [3.8, 4) is 0 Å². The summed E-state index contributed by atoms with van der Waals surface area (Å²) in [6.45, 7) is 0. The molecule has 0 saturated heterocycles. The molecule has 6 N–H and O–H groups in total. The molecule has 0 saturated carbocycles. The van der Waals surface area contributed by atoms with Crippen molar-refractivity contribution in [3.63, 3.8) is 0 Å². The Morgan fingerprint density at radius 3 is 0.938 bits per heavy atom. The van der Waals surface area contributed by atoms with Crippen LogP contribution < -0.4 is 0 Å². The van der Waals surface area contributed by atoms with Crippen LogP contribution in [-0.2, 0) is 13.7 Å². The van der Waals surface area contributed by atoms with Gasteiger partial charge in [0.2, 0.25) is 0 Å². The zero-order chi connectivity index (χ0) is 13.2. The average molecular weight is 297 g/mol. The lowest BCUT2D eigenvalue weighted by atomic mass is 10.3. The van der Waals surface area contributed by atoms with Gasteiger partial charge in [-0.05, 0) is 0 Å². The molecule has 0 unspecified atom stereocenters. The molecule has 0 aromatic rings. The van der Waals surface area contributed by atoms with Gasteiger partial charge >= 0.3 is 22.8 Å². The predicted octanol–water partition coefficient (Wildman–Crippen LogP) is -0.906. The number of rotatable bonds is 6. The fraction of sp³-hybridized carbons (Fsp3) is 0.750. The van der Waals surface area contributed by atoms with E-state index < -0.39 is 47.2 Å². The number of hydrogen-bond acceptors (Lipinski definition) is 3. The SMILES string of the molecule is O=P(O)(O)C[C](CP(=O)(O)O)CP(=O)(O)O. The molecule has 0 aromatic heterocycles. The van der Waals surface area contributed by atoms with E-state index in [2.05, 4.69) is 0 Å². The van der Waals surface area contributed by atoms with Crippen LogP contribution in [-0.4, -0.2) is 47.8 Å². The molecule has 12 heteroatoms. The van der Waals surface area contributed by atoms with Gasteiger partial charge in [-0.2, -0.15) is 0 Å². The summed E-state index contributed by atoms with van der Waals surface area (Å²) in [5.74, 6) is -0.546. The van der Waals surface area contributed by atoms with E-state index >= 15 is 0 Å². The van der Waals surface area contributed by atoms with Crippen molar-refractivity contribution >= 4 is 22.8 Å². The van der Waals surface area contributed by atoms with Crippen molar-refractivity contribution in [2.24, 2.45) is 0 Å². The molecule has 0 amide bonds. The molecule has 0 bridgehead atoms. The molecule has 0 spiro atoms. The van der Waals surface area contributed by atoms with Crippen molar-refractivity contribution in [2.45, 2.75) is 0 Å². The minimum absolute atomic E-state index is 0.546. The first-order valence-electron chi connectivity index (χ1n) is 3.76. The largest absolute Gasteiger partial charge is 0.326 e. The smallest absolute Gasteiger partial charge is 0.324 e. The van der Waals surface area contributed by atoms with Crippen LogP contribution in [0.5, 0.6) is 0 Å². The molecular formula is C4H12O9P3. The van der Waals surface area contributed by atoms with E-state index in [-0.39, 0.29) is 0 Å². The zero-order valence-corrected chi connectivity index (χ0v) is 10.6. The molecule has 16 heavy (non-hydrogen) atoms. The minimum Gasteiger partial charge on any atom is -0.324 e. The summed E-state index contributed by atoms with van der Waals surface area (Å²) < 4.78 is 31.7. The van der Waals surface area contributed by atoms with Crippen LogP contribution in [0.25, 0.3) is 0 Å². The molecule has 9 nitrogen and oxygen atoms in total. The normalized spacial score (nSPS) is 14.4. The molecule has 0 aliphatic heterocycles. The second kappa shape index (κ2) is 5.40. The van der Waals surface area contributed by atoms with Gasteiger partial charge < -0.3 is 29.4 Å². The van der Waals surface area contributed by atoms with Crippen molar-refractivity contribution in [1.29, 1.82) is 0 Å². The van der Waals surface area contributed by atoms with Gasteiger partial charge in [0, 0.05) is 5.92 Å². The maximum atomic E-state index is 10.6. The fourth-order valence-corrected chi connectivity index (χ4v) is 3.97. The van der Waals surface area contributed by atoms with Crippen molar-refractivity contribution in [2.75, 3.05) is 18.5 Å². The van der Waals surface area contributed by atoms with E-state index in [9.17, 15) is 13.7 Å². The Morgan fingerprint density at radius 2 is 0.812 bits per heavy atom. The lowest BCUT2D eigenvalue weighted by Crippen LogP contribution is -2.14. The standard InChI is InChI=1S/C4H12O9P3/c5-14(6,7)1-4(2-15(8,9)10)3-16(11,12)13/h1-3H2,(H2,5,6,7)(H2,8,9,10)(H2,11,12,13). The molecule has 0 rings (SSSR count). The highest BCUT2D eigenvalue weighted by atomic mass is 31.2.